The van der Waals surface area contributed by atoms with Crippen molar-refractivity contribution in [2.24, 2.45) is 0 Å². The van der Waals surface area contributed by atoms with Gasteiger partial charge in [-0.05, 0) is 26.7 Å². The molecule has 64 valence electrons. The number of hydrazine groups is 1. The fourth-order valence-electron chi connectivity index (χ4n) is 2.16. The first-order valence-electron chi connectivity index (χ1n) is 4.77. The van der Waals surface area contributed by atoms with Gasteiger partial charge < -0.3 is 0 Å². The standard InChI is InChI=1S/C9H18N2/c1-9(2)10-11(9)8-6-4-3-5-7-8/h8,10H,3-7H2,1-2H3. The highest BCUT2D eigenvalue weighted by Gasteiger charge is 2.46. The molecular formula is C9H18N2. The molecule has 1 N–H and O–H groups in total. The van der Waals surface area contributed by atoms with Crippen molar-refractivity contribution in [2.75, 3.05) is 0 Å². The van der Waals surface area contributed by atoms with E-state index in [4.69, 9.17) is 0 Å². The summed E-state index contributed by atoms with van der Waals surface area (Å²) in [5.74, 6) is 0. The molecule has 1 aliphatic carbocycles. The monoisotopic (exact) mass is 154 g/mol. The highest BCUT2D eigenvalue weighted by atomic mass is 15.8. The van der Waals surface area contributed by atoms with Crippen molar-refractivity contribution in [1.82, 2.24) is 10.4 Å². The Hall–Kier alpha value is -0.0800. The topological polar surface area (TPSA) is 25.0 Å². The smallest absolute Gasteiger partial charge is 0.0921 e. The van der Waals surface area contributed by atoms with E-state index in [0.717, 1.165) is 6.04 Å². The molecule has 2 rings (SSSR count). The number of hydrogen-bond acceptors (Lipinski definition) is 2. The summed E-state index contributed by atoms with van der Waals surface area (Å²) in [6, 6.07) is 0.832. The van der Waals surface area contributed by atoms with Crippen molar-refractivity contribution in [3.05, 3.63) is 0 Å². The van der Waals surface area contributed by atoms with Crippen molar-refractivity contribution >= 4 is 0 Å². The van der Waals surface area contributed by atoms with Crippen LogP contribution < -0.4 is 5.43 Å². The Balaban J connectivity index is 1.86. The zero-order valence-corrected chi connectivity index (χ0v) is 7.56. The first-order chi connectivity index (χ1) is 5.20. The summed E-state index contributed by atoms with van der Waals surface area (Å²) in [6.07, 6.45) is 7.11. The van der Waals surface area contributed by atoms with E-state index in [1.165, 1.54) is 32.1 Å². The first kappa shape index (κ1) is 7.56. The molecule has 0 aromatic rings. The highest BCUT2D eigenvalue weighted by Crippen LogP contribution is 2.33. The van der Waals surface area contributed by atoms with E-state index in [0.29, 0.717) is 5.66 Å². The summed E-state index contributed by atoms with van der Waals surface area (Å²) in [6.45, 7) is 4.50. The van der Waals surface area contributed by atoms with Crippen molar-refractivity contribution in [3.63, 3.8) is 0 Å². The molecule has 1 saturated heterocycles. The Bertz CT molecular complexity index is 148. The van der Waals surface area contributed by atoms with Crippen LogP contribution in [0.15, 0.2) is 0 Å². The van der Waals surface area contributed by atoms with Crippen LogP contribution in [0.5, 0.6) is 0 Å². The fraction of sp³-hybridized carbons (Fsp3) is 1.00. The van der Waals surface area contributed by atoms with E-state index in [-0.39, 0.29) is 0 Å². The van der Waals surface area contributed by atoms with Crippen LogP contribution in [0.2, 0.25) is 0 Å². The number of nitrogens with one attached hydrogen (secondary N) is 1. The molecule has 2 aliphatic rings. The van der Waals surface area contributed by atoms with Gasteiger partial charge in [-0.1, -0.05) is 19.3 Å². The zero-order valence-electron chi connectivity index (χ0n) is 7.56. The van der Waals surface area contributed by atoms with Crippen LogP contribution in [0, 0.1) is 0 Å². The maximum atomic E-state index is 3.41. The van der Waals surface area contributed by atoms with Crippen LogP contribution in [0.4, 0.5) is 0 Å². The Morgan fingerprint density at radius 3 is 2.18 bits per heavy atom. The van der Waals surface area contributed by atoms with E-state index < -0.39 is 0 Å². The molecule has 0 aromatic carbocycles. The molecule has 0 spiro atoms. The Kier molecular flexibility index (Phi) is 1.69. The van der Waals surface area contributed by atoms with Crippen molar-refractivity contribution in [2.45, 2.75) is 57.7 Å². The van der Waals surface area contributed by atoms with E-state index in [2.05, 4.69) is 24.3 Å². The molecular weight excluding hydrogens is 136 g/mol. The average molecular weight is 154 g/mol. The van der Waals surface area contributed by atoms with Crippen LogP contribution in [-0.4, -0.2) is 16.7 Å². The van der Waals surface area contributed by atoms with Gasteiger partial charge in [-0.25, -0.2) is 10.4 Å². The third kappa shape index (κ3) is 1.42. The molecule has 0 amide bonds. The normalized spacial score (nSPS) is 37.1. The molecule has 1 heterocycles. The Morgan fingerprint density at radius 2 is 1.73 bits per heavy atom. The minimum absolute atomic E-state index is 0.308. The summed E-state index contributed by atoms with van der Waals surface area (Å²) in [5.41, 5.74) is 3.72. The van der Waals surface area contributed by atoms with Crippen molar-refractivity contribution in [3.8, 4) is 0 Å². The predicted molar refractivity (Wildman–Crippen MR) is 45.9 cm³/mol. The third-order valence-electron chi connectivity index (χ3n) is 2.89. The fourth-order valence-corrected chi connectivity index (χ4v) is 2.16. The molecule has 11 heavy (non-hydrogen) atoms. The first-order valence-corrected chi connectivity index (χ1v) is 4.77. The molecule has 1 unspecified atom stereocenters. The van der Waals surface area contributed by atoms with Gasteiger partial charge in [-0.2, -0.15) is 0 Å². The van der Waals surface area contributed by atoms with E-state index in [1.807, 2.05) is 0 Å². The average Bonchev–Trinajstić information content (AvgIpc) is 2.62. The van der Waals surface area contributed by atoms with Gasteiger partial charge in [0.2, 0.25) is 0 Å². The van der Waals surface area contributed by atoms with Gasteiger partial charge in [0.05, 0.1) is 5.66 Å². The molecule has 2 fully saturated rings. The molecule has 1 atom stereocenters. The molecule has 0 bridgehead atoms. The van der Waals surface area contributed by atoms with Crippen LogP contribution in [-0.2, 0) is 0 Å². The van der Waals surface area contributed by atoms with E-state index in [9.17, 15) is 0 Å². The van der Waals surface area contributed by atoms with Gasteiger partial charge in [-0.3, -0.25) is 0 Å². The lowest BCUT2D eigenvalue weighted by molar-refractivity contribution is 0.250. The second-order valence-electron chi connectivity index (χ2n) is 4.33. The zero-order chi connectivity index (χ0) is 7.90. The minimum Gasteiger partial charge on any atom is -0.232 e. The van der Waals surface area contributed by atoms with Gasteiger partial charge in [0.1, 0.15) is 0 Å². The second kappa shape index (κ2) is 2.46. The summed E-state index contributed by atoms with van der Waals surface area (Å²) < 4.78 is 0. The van der Waals surface area contributed by atoms with Crippen LogP contribution in [0.3, 0.4) is 0 Å². The maximum absolute atomic E-state index is 3.41. The summed E-state index contributed by atoms with van der Waals surface area (Å²) in [7, 11) is 0. The van der Waals surface area contributed by atoms with Gasteiger partial charge >= 0.3 is 0 Å². The van der Waals surface area contributed by atoms with Crippen molar-refractivity contribution < 1.29 is 0 Å². The van der Waals surface area contributed by atoms with E-state index >= 15 is 0 Å². The third-order valence-corrected chi connectivity index (χ3v) is 2.89. The Labute approximate surface area is 68.9 Å². The van der Waals surface area contributed by atoms with Crippen LogP contribution in [0.1, 0.15) is 46.0 Å². The van der Waals surface area contributed by atoms with Gasteiger partial charge in [0, 0.05) is 6.04 Å². The number of nitrogens with zero attached hydrogens (tertiary/aromatic N) is 1. The summed E-state index contributed by atoms with van der Waals surface area (Å²) >= 11 is 0. The lowest BCUT2D eigenvalue weighted by Crippen LogP contribution is -2.26. The predicted octanol–water partition coefficient (Wildman–Crippen LogP) is 1.88. The summed E-state index contributed by atoms with van der Waals surface area (Å²) in [4.78, 5) is 0. The van der Waals surface area contributed by atoms with Crippen LogP contribution in [0.25, 0.3) is 0 Å². The van der Waals surface area contributed by atoms with Crippen LogP contribution >= 0.6 is 0 Å². The SMILES string of the molecule is CC1(C)NN1C1CCCCC1. The van der Waals surface area contributed by atoms with Gasteiger partial charge in [0.25, 0.3) is 0 Å². The molecule has 2 heteroatoms. The quantitative estimate of drug-likeness (QED) is 0.583. The maximum Gasteiger partial charge on any atom is 0.0921 e. The molecule has 1 saturated carbocycles. The number of hydrogen-bond donors (Lipinski definition) is 1. The molecule has 1 aliphatic heterocycles. The van der Waals surface area contributed by atoms with Gasteiger partial charge in [0.15, 0.2) is 0 Å². The van der Waals surface area contributed by atoms with E-state index in [1.54, 1.807) is 0 Å². The largest absolute Gasteiger partial charge is 0.232 e. The van der Waals surface area contributed by atoms with Gasteiger partial charge in [-0.15, -0.1) is 0 Å². The number of rotatable bonds is 1. The van der Waals surface area contributed by atoms with Crippen molar-refractivity contribution in [1.29, 1.82) is 0 Å². The lowest BCUT2D eigenvalue weighted by atomic mass is 9.95. The Morgan fingerprint density at radius 1 is 1.18 bits per heavy atom. The molecule has 0 aromatic heterocycles. The molecule has 0 radical (unpaired) electrons. The lowest BCUT2D eigenvalue weighted by Gasteiger charge is -2.22. The second-order valence-corrected chi connectivity index (χ2v) is 4.33. The summed E-state index contributed by atoms with van der Waals surface area (Å²) in [5, 5.41) is 2.42. The minimum atomic E-state index is 0.308. The molecule has 2 nitrogen and oxygen atoms in total. The highest BCUT2D eigenvalue weighted by molar-refractivity contribution is 4.94.